The average molecular weight is 384 g/mol. The summed E-state index contributed by atoms with van der Waals surface area (Å²) in [5.41, 5.74) is 5.13. The summed E-state index contributed by atoms with van der Waals surface area (Å²) in [4.78, 5) is 21.7. The first-order chi connectivity index (χ1) is 14.3. The van der Waals surface area contributed by atoms with Crippen molar-refractivity contribution in [1.82, 2.24) is 4.98 Å². The number of fused-ring (bicyclic) bond motifs is 1. The third-order valence-corrected chi connectivity index (χ3v) is 5.77. The molecule has 2 aromatic carbocycles. The van der Waals surface area contributed by atoms with E-state index in [0.717, 1.165) is 37.6 Å². The molecule has 29 heavy (non-hydrogen) atoms. The minimum atomic E-state index is -0.139. The van der Waals surface area contributed by atoms with E-state index in [9.17, 15) is 4.79 Å². The molecule has 1 saturated heterocycles. The van der Waals surface area contributed by atoms with Gasteiger partial charge < -0.3 is 15.1 Å². The molecule has 0 saturated carbocycles. The number of para-hydroxylation sites is 1. The van der Waals surface area contributed by atoms with Crippen molar-refractivity contribution >= 4 is 28.8 Å². The summed E-state index contributed by atoms with van der Waals surface area (Å²) in [5.74, 6) is 0.737. The summed E-state index contributed by atoms with van der Waals surface area (Å²) >= 11 is 0. The Morgan fingerprint density at radius 2 is 1.69 bits per heavy atom. The fourth-order valence-corrected chi connectivity index (χ4v) is 4.19. The maximum absolute atomic E-state index is 12.6. The minimum Gasteiger partial charge on any atom is -0.372 e. The van der Waals surface area contributed by atoms with Gasteiger partial charge in [-0.1, -0.05) is 18.2 Å². The van der Waals surface area contributed by atoms with Crippen LogP contribution in [-0.2, 0) is 6.42 Å². The van der Waals surface area contributed by atoms with Gasteiger partial charge in [0.25, 0.3) is 5.91 Å². The van der Waals surface area contributed by atoms with Crippen LogP contribution in [0.15, 0.2) is 66.9 Å². The van der Waals surface area contributed by atoms with Crippen LogP contribution in [0.3, 0.4) is 0 Å². The number of nitrogens with one attached hydrogen (secondary N) is 1. The van der Waals surface area contributed by atoms with Gasteiger partial charge in [0.15, 0.2) is 0 Å². The normalized spacial score (nSPS) is 15.4. The summed E-state index contributed by atoms with van der Waals surface area (Å²) in [5, 5.41) is 2.97. The van der Waals surface area contributed by atoms with Gasteiger partial charge in [0.1, 0.15) is 5.82 Å². The van der Waals surface area contributed by atoms with Gasteiger partial charge in [0.05, 0.1) is 5.56 Å². The van der Waals surface area contributed by atoms with Gasteiger partial charge >= 0.3 is 0 Å². The molecule has 2 aliphatic heterocycles. The Bertz CT molecular complexity index is 1010. The van der Waals surface area contributed by atoms with Crippen molar-refractivity contribution < 1.29 is 4.79 Å². The zero-order valence-electron chi connectivity index (χ0n) is 16.3. The van der Waals surface area contributed by atoms with E-state index in [0.29, 0.717) is 5.56 Å². The predicted octanol–water partition coefficient (Wildman–Crippen LogP) is 4.63. The van der Waals surface area contributed by atoms with Crippen LogP contribution in [0.25, 0.3) is 0 Å². The van der Waals surface area contributed by atoms with Crippen molar-refractivity contribution in [2.24, 2.45) is 0 Å². The fourth-order valence-electron chi connectivity index (χ4n) is 4.19. The molecular weight excluding hydrogens is 360 g/mol. The Morgan fingerprint density at radius 3 is 2.45 bits per heavy atom. The molecule has 5 nitrogen and oxygen atoms in total. The smallest absolute Gasteiger partial charge is 0.257 e. The van der Waals surface area contributed by atoms with Gasteiger partial charge in [-0.25, -0.2) is 4.98 Å². The number of nitrogens with zero attached hydrogens (tertiary/aromatic N) is 3. The van der Waals surface area contributed by atoms with Crippen LogP contribution in [0.1, 0.15) is 28.8 Å². The number of carbonyl (C=O) groups excluding carboxylic acids is 1. The summed E-state index contributed by atoms with van der Waals surface area (Å²) in [6, 6.07) is 20.3. The molecule has 5 heteroatoms. The van der Waals surface area contributed by atoms with Crippen LogP contribution >= 0.6 is 0 Å². The number of anilines is 4. The highest BCUT2D eigenvalue weighted by Crippen LogP contribution is 2.33. The molecular formula is C24H24N4O. The second-order valence-corrected chi connectivity index (χ2v) is 7.63. The zero-order chi connectivity index (χ0) is 19.6. The number of amides is 1. The lowest BCUT2D eigenvalue weighted by Crippen LogP contribution is -2.18. The average Bonchev–Trinajstić information content (AvgIpc) is 3.45. The van der Waals surface area contributed by atoms with Gasteiger partial charge in [0, 0.05) is 42.9 Å². The largest absolute Gasteiger partial charge is 0.372 e. The molecule has 0 bridgehead atoms. The number of hydrogen-bond acceptors (Lipinski definition) is 4. The van der Waals surface area contributed by atoms with E-state index in [-0.39, 0.29) is 5.91 Å². The third-order valence-electron chi connectivity index (χ3n) is 5.77. The highest BCUT2D eigenvalue weighted by atomic mass is 16.1. The van der Waals surface area contributed by atoms with Crippen molar-refractivity contribution in [1.29, 1.82) is 0 Å². The lowest BCUT2D eigenvalue weighted by molar-refractivity contribution is 0.102. The monoisotopic (exact) mass is 384 g/mol. The van der Waals surface area contributed by atoms with Crippen molar-refractivity contribution in [2.75, 3.05) is 34.8 Å². The molecule has 5 rings (SSSR count). The molecule has 1 amide bonds. The van der Waals surface area contributed by atoms with E-state index >= 15 is 0 Å². The Kier molecular flexibility index (Phi) is 4.64. The SMILES string of the molecule is O=C(Nc1ccc(N2CCCC2)cc1)c1ccc(N2CCc3ccccc32)nc1. The van der Waals surface area contributed by atoms with Crippen LogP contribution in [0.4, 0.5) is 22.9 Å². The highest BCUT2D eigenvalue weighted by molar-refractivity contribution is 6.04. The number of carbonyl (C=O) groups is 1. The lowest BCUT2D eigenvalue weighted by Gasteiger charge is -2.18. The maximum atomic E-state index is 12.6. The topological polar surface area (TPSA) is 48.5 Å². The molecule has 3 heterocycles. The maximum Gasteiger partial charge on any atom is 0.257 e. The highest BCUT2D eigenvalue weighted by Gasteiger charge is 2.21. The minimum absolute atomic E-state index is 0.139. The second kappa shape index (κ2) is 7.59. The number of aromatic nitrogens is 1. The molecule has 3 aromatic rings. The van der Waals surface area contributed by atoms with E-state index in [1.807, 2.05) is 30.3 Å². The van der Waals surface area contributed by atoms with Crippen molar-refractivity contribution in [3.05, 3.63) is 78.0 Å². The second-order valence-electron chi connectivity index (χ2n) is 7.63. The zero-order valence-corrected chi connectivity index (χ0v) is 16.3. The molecule has 0 atom stereocenters. The van der Waals surface area contributed by atoms with Crippen LogP contribution in [0, 0.1) is 0 Å². The van der Waals surface area contributed by atoms with Gasteiger partial charge in [0.2, 0.25) is 0 Å². The van der Waals surface area contributed by atoms with Gasteiger partial charge in [-0.05, 0) is 67.3 Å². The number of rotatable bonds is 4. The van der Waals surface area contributed by atoms with E-state index in [1.54, 1.807) is 6.20 Å². The first kappa shape index (κ1) is 17.7. The predicted molar refractivity (Wildman–Crippen MR) is 117 cm³/mol. The quantitative estimate of drug-likeness (QED) is 0.713. The number of pyridine rings is 1. The third kappa shape index (κ3) is 3.56. The molecule has 2 aliphatic rings. The molecule has 1 N–H and O–H groups in total. The molecule has 1 aromatic heterocycles. The summed E-state index contributed by atoms with van der Waals surface area (Å²) in [6.45, 7) is 3.15. The first-order valence-corrected chi connectivity index (χ1v) is 10.3. The number of benzene rings is 2. The Labute approximate surface area is 171 Å². The van der Waals surface area contributed by atoms with Crippen molar-refractivity contribution in [3.8, 4) is 0 Å². The standard InChI is InChI=1S/C24H24N4O/c29-24(26-20-8-10-21(11-9-20)27-14-3-4-15-27)19-7-12-23(25-17-19)28-16-13-18-5-1-2-6-22(18)28/h1-2,5-12,17H,3-4,13-16H2,(H,26,29). The Balaban J connectivity index is 1.26. The summed E-state index contributed by atoms with van der Waals surface area (Å²) < 4.78 is 0. The van der Waals surface area contributed by atoms with E-state index < -0.39 is 0 Å². The molecule has 146 valence electrons. The van der Waals surface area contributed by atoms with Crippen molar-refractivity contribution in [3.63, 3.8) is 0 Å². The van der Waals surface area contributed by atoms with Crippen molar-refractivity contribution in [2.45, 2.75) is 19.3 Å². The van der Waals surface area contributed by atoms with E-state index in [1.165, 1.54) is 29.8 Å². The Morgan fingerprint density at radius 1 is 0.897 bits per heavy atom. The van der Waals surface area contributed by atoms with E-state index in [2.05, 4.69) is 50.4 Å². The fraction of sp³-hybridized carbons (Fsp3) is 0.250. The first-order valence-electron chi connectivity index (χ1n) is 10.3. The van der Waals surface area contributed by atoms with Crippen LogP contribution in [-0.4, -0.2) is 30.5 Å². The molecule has 0 spiro atoms. The summed E-state index contributed by atoms with van der Waals surface area (Å²) in [6.07, 6.45) is 5.19. The molecule has 0 radical (unpaired) electrons. The lowest BCUT2D eigenvalue weighted by atomic mass is 10.2. The summed E-state index contributed by atoms with van der Waals surface area (Å²) in [7, 11) is 0. The van der Waals surface area contributed by atoms with E-state index in [4.69, 9.17) is 0 Å². The van der Waals surface area contributed by atoms with Gasteiger partial charge in [-0.3, -0.25) is 4.79 Å². The molecule has 1 fully saturated rings. The van der Waals surface area contributed by atoms with Crippen LogP contribution in [0.5, 0.6) is 0 Å². The van der Waals surface area contributed by atoms with Gasteiger partial charge in [-0.15, -0.1) is 0 Å². The number of hydrogen-bond donors (Lipinski definition) is 1. The molecule has 0 unspecified atom stereocenters. The van der Waals surface area contributed by atoms with Crippen LogP contribution in [0.2, 0.25) is 0 Å². The molecule has 0 aliphatic carbocycles. The van der Waals surface area contributed by atoms with Gasteiger partial charge in [-0.2, -0.15) is 0 Å². The van der Waals surface area contributed by atoms with Crippen LogP contribution < -0.4 is 15.1 Å². The Hall–Kier alpha value is -3.34.